The molecule has 78 valence electrons. The first-order chi connectivity index (χ1) is 6.81. The second kappa shape index (κ2) is 4.29. The van der Waals surface area contributed by atoms with Crippen LogP contribution >= 0.6 is 0 Å². The fourth-order valence-electron chi connectivity index (χ4n) is 2.63. The Morgan fingerprint density at radius 2 is 1.86 bits per heavy atom. The zero-order valence-electron chi connectivity index (χ0n) is 8.52. The lowest BCUT2D eigenvalue weighted by molar-refractivity contribution is -0.0356. The summed E-state index contributed by atoms with van der Waals surface area (Å²) >= 11 is 0. The van der Waals surface area contributed by atoms with Crippen molar-refractivity contribution in [3.05, 3.63) is 0 Å². The molecule has 0 radical (unpaired) electrons. The predicted octanol–water partition coefficient (Wildman–Crippen LogP) is 1.14. The number of likely N-dealkylation sites (tertiary alicyclic amines) is 1. The van der Waals surface area contributed by atoms with Crippen molar-refractivity contribution in [2.24, 2.45) is 5.92 Å². The van der Waals surface area contributed by atoms with E-state index in [1.807, 2.05) is 0 Å². The van der Waals surface area contributed by atoms with Crippen molar-refractivity contribution in [3.63, 3.8) is 0 Å². The highest BCUT2D eigenvalue weighted by Gasteiger charge is 2.35. The van der Waals surface area contributed by atoms with Gasteiger partial charge in [-0.05, 0) is 12.8 Å². The lowest BCUT2D eigenvalue weighted by Gasteiger charge is -2.43. The number of rotatable bonds is 1. The highest BCUT2D eigenvalue weighted by Crippen LogP contribution is 2.29. The number of hydrogen-bond acceptors (Lipinski definition) is 3. The summed E-state index contributed by atoms with van der Waals surface area (Å²) in [5.74, 6) is 0.199. The van der Waals surface area contributed by atoms with Crippen molar-refractivity contribution < 1.29 is 5.11 Å². The first kappa shape index (κ1) is 9.95. The summed E-state index contributed by atoms with van der Waals surface area (Å²) in [5, 5.41) is 18.3. The summed E-state index contributed by atoms with van der Waals surface area (Å²) in [4.78, 5) is 2.28. The SMILES string of the molecule is N#CC1CCCCCC1N1CC(O)C1. The molecule has 1 heterocycles. The standard InChI is InChI=1S/C11H18N2O/c12-6-9-4-2-1-3-5-11(9)13-7-10(14)8-13/h9-11,14H,1-5,7-8H2. The van der Waals surface area contributed by atoms with Crippen LogP contribution in [0.25, 0.3) is 0 Å². The van der Waals surface area contributed by atoms with E-state index in [0.717, 1.165) is 25.9 Å². The van der Waals surface area contributed by atoms with E-state index in [2.05, 4.69) is 11.0 Å². The van der Waals surface area contributed by atoms with E-state index in [0.29, 0.717) is 6.04 Å². The van der Waals surface area contributed by atoms with E-state index in [1.54, 1.807) is 0 Å². The van der Waals surface area contributed by atoms with Gasteiger partial charge in [0, 0.05) is 19.1 Å². The van der Waals surface area contributed by atoms with Gasteiger partial charge < -0.3 is 5.11 Å². The van der Waals surface area contributed by atoms with Crippen LogP contribution < -0.4 is 0 Å². The molecule has 1 aliphatic heterocycles. The lowest BCUT2D eigenvalue weighted by Crippen LogP contribution is -2.57. The summed E-state index contributed by atoms with van der Waals surface area (Å²) in [5.41, 5.74) is 0. The molecule has 0 spiro atoms. The number of aliphatic hydroxyl groups is 1. The third-order valence-electron chi connectivity index (χ3n) is 3.50. The predicted molar refractivity (Wildman–Crippen MR) is 53.6 cm³/mol. The first-order valence-electron chi connectivity index (χ1n) is 5.63. The zero-order chi connectivity index (χ0) is 9.97. The summed E-state index contributed by atoms with van der Waals surface area (Å²) in [6.07, 6.45) is 5.77. The highest BCUT2D eigenvalue weighted by atomic mass is 16.3. The van der Waals surface area contributed by atoms with Crippen LogP contribution in [-0.4, -0.2) is 35.2 Å². The Bertz CT molecular complexity index is 230. The van der Waals surface area contributed by atoms with Gasteiger partial charge >= 0.3 is 0 Å². The molecule has 0 aromatic heterocycles. The molecular weight excluding hydrogens is 176 g/mol. The fourth-order valence-corrected chi connectivity index (χ4v) is 2.63. The first-order valence-corrected chi connectivity index (χ1v) is 5.63. The van der Waals surface area contributed by atoms with Gasteiger partial charge in [-0.3, -0.25) is 4.90 Å². The van der Waals surface area contributed by atoms with E-state index in [1.165, 1.54) is 19.3 Å². The second-order valence-corrected chi connectivity index (χ2v) is 4.55. The average Bonchev–Trinajstić information content (AvgIpc) is 2.37. The van der Waals surface area contributed by atoms with E-state index >= 15 is 0 Å². The van der Waals surface area contributed by atoms with Crippen LogP contribution in [0.5, 0.6) is 0 Å². The van der Waals surface area contributed by atoms with Crippen molar-refractivity contribution in [2.45, 2.75) is 44.2 Å². The summed E-state index contributed by atoms with van der Waals surface area (Å²) in [6, 6.07) is 2.86. The van der Waals surface area contributed by atoms with Gasteiger partial charge in [0.25, 0.3) is 0 Å². The molecule has 1 saturated heterocycles. The Morgan fingerprint density at radius 3 is 2.50 bits per heavy atom. The van der Waals surface area contributed by atoms with E-state index in [-0.39, 0.29) is 12.0 Å². The van der Waals surface area contributed by atoms with Gasteiger partial charge in [-0.1, -0.05) is 19.3 Å². The molecule has 0 aromatic rings. The van der Waals surface area contributed by atoms with Crippen LogP contribution in [0.3, 0.4) is 0 Å². The average molecular weight is 194 g/mol. The van der Waals surface area contributed by atoms with Crippen LogP contribution in [-0.2, 0) is 0 Å². The van der Waals surface area contributed by atoms with Gasteiger partial charge in [-0.2, -0.15) is 5.26 Å². The van der Waals surface area contributed by atoms with Crippen molar-refractivity contribution in [2.75, 3.05) is 13.1 Å². The molecule has 2 unspecified atom stereocenters. The maximum atomic E-state index is 9.25. The molecule has 3 nitrogen and oxygen atoms in total. The molecule has 14 heavy (non-hydrogen) atoms. The van der Waals surface area contributed by atoms with Gasteiger partial charge in [0.05, 0.1) is 18.1 Å². The molecule has 0 aromatic carbocycles. The molecule has 0 bridgehead atoms. The van der Waals surface area contributed by atoms with Crippen LogP contribution in [0.15, 0.2) is 0 Å². The number of β-amino-alcohol motifs (C(OH)–C–C–N with tert-alkyl or cyclic N) is 1. The Hall–Kier alpha value is -0.590. The molecular formula is C11H18N2O. The fraction of sp³-hybridized carbons (Fsp3) is 0.909. The number of hydrogen-bond donors (Lipinski definition) is 1. The maximum Gasteiger partial charge on any atom is 0.0794 e. The molecule has 2 fully saturated rings. The molecule has 1 saturated carbocycles. The summed E-state index contributed by atoms with van der Waals surface area (Å²) in [6.45, 7) is 1.56. The third-order valence-corrected chi connectivity index (χ3v) is 3.50. The van der Waals surface area contributed by atoms with Crippen LogP contribution in [0.2, 0.25) is 0 Å². The minimum atomic E-state index is -0.141. The third kappa shape index (κ3) is 1.92. The van der Waals surface area contributed by atoms with Crippen molar-refractivity contribution >= 4 is 0 Å². The Morgan fingerprint density at radius 1 is 1.14 bits per heavy atom. The molecule has 2 rings (SSSR count). The minimum absolute atomic E-state index is 0.141. The van der Waals surface area contributed by atoms with Gasteiger partial charge in [0.2, 0.25) is 0 Å². The maximum absolute atomic E-state index is 9.25. The molecule has 2 atom stereocenters. The van der Waals surface area contributed by atoms with Crippen LogP contribution in [0.4, 0.5) is 0 Å². The monoisotopic (exact) mass is 194 g/mol. The Balaban J connectivity index is 1.95. The van der Waals surface area contributed by atoms with Crippen molar-refractivity contribution in [1.29, 1.82) is 5.26 Å². The highest BCUT2D eigenvalue weighted by molar-refractivity contribution is 4.98. The lowest BCUT2D eigenvalue weighted by atomic mass is 9.92. The topological polar surface area (TPSA) is 47.3 Å². The van der Waals surface area contributed by atoms with Crippen molar-refractivity contribution in [1.82, 2.24) is 4.90 Å². The normalized spacial score (nSPS) is 35.7. The molecule has 1 N–H and O–H groups in total. The molecule has 0 amide bonds. The second-order valence-electron chi connectivity index (χ2n) is 4.55. The van der Waals surface area contributed by atoms with E-state index in [9.17, 15) is 5.11 Å². The minimum Gasteiger partial charge on any atom is -0.390 e. The zero-order valence-corrected chi connectivity index (χ0v) is 8.52. The molecule has 2 aliphatic rings. The van der Waals surface area contributed by atoms with Crippen molar-refractivity contribution in [3.8, 4) is 6.07 Å². The van der Waals surface area contributed by atoms with E-state index in [4.69, 9.17) is 5.26 Å². The molecule has 1 aliphatic carbocycles. The van der Waals surface area contributed by atoms with Gasteiger partial charge in [0.15, 0.2) is 0 Å². The van der Waals surface area contributed by atoms with Crippen LogP contribution in [0.1, 0.15) is 32.1 Å². The van der Waals surface area contributed by atoms with Gasteiger partial charge in [0.1, 0.15) is 0 Å². The quantitative estimate of drug-likeness (QED) is 0.637. The Kier molecular flexibility index (Phi) is 3.05. The van der Waals surface area contributed by atoms with Gasteiger partial charge in [-0.25, -0.2) is 0 Å². The van der Waals surface area contributed by atoms with E-state index < -0.39 is 0 Å². The summed E-state index contributed by atoms with van der Waals surface area (Å²) < 4.78 is 0. The number of nitriles is 1. The van der Waals surface area contributed by atoms with Gasteiger partial charge in [-0.15, -0.1) is 0 Å². The number of aliphatic hydroxyl groups excluding tert-OH is 1. The largest absolute Gasteiger partial charge is 0.390 e. The number of nitrogens with zero attached hydrogens (tertiary/aromatic N) is 2. The smallest absolute Gasteiger partial charge is 0.0794 e. The van der Waals surface area contributed by atoms with Crippen LogP contribution in [0, 0.1) is 17.2 Å². The Labute approximate surface area is 85.3 Å². The molecule has 3 heteroatoms. The summed E-state index contributed by atoms with van der Waals surface area (Å²) in [7, 11) is 0.